The van der Waals surface area contributed by atoms with E-state index in [1.807, 2.05) is 13.8 Å². The molecular formula is C10H16N2O2S. The summed E-state index contributed by atoms with van der Waals surface area (Å²) in [4.78, 5) is 4.09. The van der Waals surface area contributed by atoms with Gasteiger partial charge in [-0.3, -0.25) is 4.98 Å². The highest BCUT2D eigenvalue weighted by Crippen LogP contribution is 2.20. The van der Waals surface area contributed by atoms with Crippen LogP contribution in [0.4, 0.5) is 0 Å². The third-order valence-corrected chi connectivity index (χ3v) is 4.29. The van der Waals surface area contributed by atoms with Gasteiger partial charge in [-0.2, -0.15) is 0 Å². The lowest BCUT2D eigenvalue weighted by atomic mass is 9.97. The Kier molecular flexibility index (Phi) is 3.46. The fraction of sp³-hybridized carbons (Fsp3) is 0.500. The second-order valence-corrected chi connectivity index (χ2v) is 6.30. The molecule has 4 nitrogen and oxygen atoms in total. The van der Waals surface area contributed by atoms with Gasteiger partial charge >= 0.3 is 0 Å². The van der Waals surface area contributed by atoms with Crippen molar-refractivity contribution in [2.45, 2.75) is 18.7 Å². The third-order valence-electron chi connectivity index (χ3n) is 2.14. The number of aromatic nitrogens is 1. The molecule has 0 atom stereocenters. The van der Waals surface area contributed by atoms with Crippen LogP contribution >= 0.6 is 0 Å². The molecule has 0 aromatic carbocycles. The highest BCUT2D eigenvalue weighted by molar-refractivity contribution is 7.91. The van der Waals surface area contributed by atoms with E-state index in [9.17, 15) is 8.42 Å². The van der Waals surface area contributed by atoms with Crippen LogP contribution in [0.15, 0.2) is 29.4 Å². The molecule has 0 amide bonds. The van der Waals surface area contributed by atoms with E-state index >= 15 is 0 Å². The quantitative estimate of drug-likeness (QED) is 0.828. The highest BCUT2D eigenvalue weighted by atomic mass is 32.2. The van der Waals surface area contributed by atoms with Gasteiger partial charge in [0.15, 0.2) is 9.84 Å². The largest absolute Gasteiger partial charge is 0.330 e. The molecule has 0 saturated carbocycles. The van der Waals surface area contributed by atoms with Crippen LogP contribution < -0.4 is 5.73 Å². The molecule has 1 heterocycles. The van der Waals surface area contributed by atoms with E-state index in [0.29, 0.717) is 11.4 Å². The van der Waals surface area contributed by atoms with Gasteiger partial charge in [-0.05, 0) is 24.1 Å². The van der Waals surface area contributed by atoms with Crippen LogP contribution in [0.3, 0.4) is 0 Å². The molecule has 1 aromatic rings. The van der Waals surface area contributed by atoms with Gasteiger partial charge in [0.2, 0.25) is 0 Å². The maximum atomic E-state index is 11.9. The Hall–Kier alpha value is -0.940. The molecule has 0 aliphatic carbocycles. The average molecular weight is 228 g/mol. The van der Waals surface area contributed by atoms with Crippen molar-refractivity contribution in [3.63, 3.8) is 0 Å². The standard InChI is InChI=1S/C10H16N2O2S/c1-10(2,7-11)8-15(13,14)9-3-5-12-6-4-9/h3-6H,7-8,11H2,1-2H3. The van der Waals surface area contributed by atoms with Crippen molar-refractivity contribution in [1.29, 1.82) is 0 Å². The second-order valence-electron chi connectivity index (χ2n) is 4.31. The number of hydrogen-bond acceptors (Lipinski definition) is 4. The summed E-state index contributed by atoms with van der Waals surface area (Å²) in [5, 5.41) is 0. The fourth-order valence-corrected chi connectivity index (χ4v) is 3.05. The van der Waals surface area contributed by atoms with E-state index < -0.39 is 15.3 Å². The molecule has 0 bridgehead atoms. The SMILES string of the molecule is CC(C)(CN)CS(=O)(=O)c1ccncc1. The van der Waals surface area contributed by atoms with E-state index in [1.165, 1.54) is 24.5 Å². The lowest BCUT2D eigenvalue weighted by molar-refractivity contribution is 0.425. The van der Waals surface area contributed by atoms with E-state index in [1.54, 1.807) is 0 Å². The smallest absolute Gasteiger partial charge is 0.179 e. The summed E-state index contributed by atoms with van der Waals surface area (Å²) >= 11 is 0. The molecule has 0 aliphatic heterocycles. The number of pyridine rings is 1. The molecule has 84 valence electrons. The first-order valence-electron chi connectivity index (χ1n) is 4.70. The summed E-state index contributed by atoms with van der Waals surface area (Å²) in [5.74, 6) is 0.0561. The molecule has 0 saturated heterocycles. The van der Waals surface area contributed by atoms with Crippen molar-refractivity contribution in [2.75, 3.05) is 12.3 Å². The fourth-order valence-electron chi connectivity index (χ4n) is 1.20. The molecule has 1 rings (SSSR count). The normalized spacial score (nSPS) is 12.7. The molecular weight excluding hydrogens is 212 g/mol. The summed E-state index contributed by atoms with van der Waals surface area (Å²) in [6.45, 7) is 4.02. The van der Waals surface area contributed by atoms with Gasteiger partial charge in [-0.15, -0.1) is 0 Å². The zero-order valence-corrected chi connectivity index (χ0v) is 9.79. The Morgan fingerprint density at radius 3 is 2.33 bits per heavy atom. The number of sulfone groups is 1. The minimum Gasteiger partial charge on any atom is -0.330 e. The maximum absolute atomic E-state index is 11.9. The first-order valence-corrected chi connectivity index (χ1v) is 6.35. The van der Waals surface area contributed by atoms with Crippen molar-refractivity contribution in [1.82, 2.24) is 4.98 Å². The van der Waals surface area contributed by atoms with Crippen molar-refractivity contribution in [2.24, 2.45) is 11.1 Å². The van der Waals surface area contributed by atoms with Crippen molar-refractivity contribution < 1.29 is 8.42 Å². The first-order chi connectivity index (χ1) is 6.87. The second kappa shape index (κ2) is 4.28. The predicted octanol–water partition coefficient (Wildman–Crippen LogP) is 0.840. The first kappa shape index (κ1) is 12.1. The lowest BCUT2D eigenvalue weighted by Crippen LogP contribution is -2.31. The van der Waals surface area contributed by atoms with Gasteiger partial charge in [0.1, 0.15) is 0 Å². The number of nitrogens with two attached hydrogens (primary N) is 1. The Morgan fingerprint density at radius 2 is 1.87 bits per heavy atom. The van der Waals surface area contributed by atoms with Crippen LogP contribution in [0.25, 0.3) is 0 Å². The number of rotatable bonds is 4. The lowest BCUT2D eigenvalue weighted by Gasteiger charge is -2.21. The molecule has 5 heteroatoms. The Labute approximate surface area is 90.4 Å². The van der Waals surface area contributed by atoms with Crippen molar-refractivity contribution in [3.05, 3.63) is 24.5 Å². The Bertz CT molecular complexity index is 412. The molecule has 0 fully saturated rings. The maximum Gasteiger partial charge on any atom is 0.179 e. The van der Waals surface area contributed by atoms with Gasteiger partial charge in [0.25, 0.3) is 0 Å². The summed E-state index contributed by atoms with van der Waals surface area (Å²) in [6.07, 6.45) is 2.95. The summed E-state index contributed by atoms with van der Waals surface area (Å²) in [6, 6.07) is 3.00. The molecule has 2 N–H and O–H groups in total. The molecule has 1 aromatic heterocycles. The third kappa shape index (κ3) is 3.28. The van der Waals surface area contributed by atoms with Crippen LogP contribution in [-0.4, -0.2) is 25.7 Å². The van der Waals surface area contributed by atoms with Crippen molar-refractivity contribution in [3.8, 4) is 0 Å². The van der Waals surface area contributed by atoms with Crippen LogP contribution in [0.2, 0.25) is 0 Å². The van der Waals surface area contributed by atoms with Gasteiger partial charge in [0, 0.05) is 12.4 Å². The minimum absolute atomic E-state index is 0.0561. The molecule has 0 unspecified atom stereocenters. The Balaban J connectivity index is 2.96. The van der Waals surface area contributed by atoms with Crippen LogP contribution in [0.1, 0.15) is 13.8 Å². The zero-order valence-electron chi connectivity index (χ0n) is 8.97. The molecule has 0 aliphatic rings. The predicted molar refractivity (Wildman–Crippen MR) is 59.1 cm³/mol. The van der Waals surface area contributed by atoms with Crippen molar-refractivity contribution >= 4 is 9.84 Å². The van der Waals surface area contributed by atoms with E-state index in [2.05, 4.69) is 4.98 Å². The zero-order chi connectivity index (χ0) is 11.5. The monoisotopic (exact) mass is 228 g/mol. The summed E-state index contributed by atoms with van der Waals surface area (Å²) in [5.41, 5.74) is 5.11. The Morgan fingerprint density at radius 1 is 1.33 bits per heavy atom. The van der Waals surface area contributed by atoms with Gasteiger partial charge in [-0.25, -0.2) is 8.42 Å². The molecule has 0 spiro atoms. The minimum atomic E-state index is -3.25. The summed E-state index contributed by atoms with van der Waals surface area (Å²) < 4.78 is 23.8. The highest BCUT2D eigenvalue weighted by Gasteiger charge is 2.26. The van der Waals surface area contributed by atoms with Crippen LogP contribution in [-0.2, 0) is 9.84 Å². The molecule has 15 heavy (non-hydrogen) atoms. The van der Waals surface area contributed by atoms with E-state index in [4.69, 9.17) is 5.73 Å². The van der Waals surface area contributed by atoms with E-state index in [-0.39, 0.29) is 5.75 Å². The number of hydrogen-bond donors (Lipinski definition) is 1. The summed E-state index contributed by atoms with van der Waals surface area (Å²) in [7, 11) is -3.25. The van der Waals surface area contributed by atoms with Gasteiger partial charge in [0.05, 0.1) is 10.6 Å². The van der Waals surface area contributed by atoms with Crippen LogP contribution in [0.5, 0.6) is 0 Å². The van der Waals surface area contributed by atoms with Crippen LogP contribution in [0, 0.1) is 5.41 Å². The molecule has 0 radical (unpaired) electrons. The van der Waals surface area contributed by atoms with Gasteiger partial charge in [-0.1, -0.05) is 13.8 Å². The van der Waals surface area contributed by atoms with Gasteiger partial charge < -0.3 is 5.73 Å². The number of nitrogens with zero attached hydrogens (tertiary/aromatic N) is 1. The average Bonchev–Trinajstić information content (AvgIpc) is 2.18. The topological polar surface area (TPSA) is 73.1 Å². The van der Waals surface area contributed by atoms with E-state index in [0.717, 1.165) is 0 Å².